The number of carbonyl (C=O) groups excluding carboxylic acids is 6. The lowest BCUT2D eigenvalue weighted by molar-refractivity contribution is -0.144. The summed E-state index contributed by atoms with van der Waals surface area (Å²) >= 11 is 1.09. The number of benzene rings is 1. The van der Waals surface area contributed by atoms with Crippen LogP contribution in [-0.4, -0.2) is 121 Å². The topological polar surface area (TPSA) is 204 Å². The molecule has 0 bridgehead atoms. The Balaban J connectivity index is 1.36. The standard InChI is InChI=1S/C42H61N7O9S2/c1-9-13-30(34(50)37(52)43-28-17-18-28)44-36(51)31-22-29(58-40(55)48-20-19-26-14-10-11-15-27(26)23-48)24-49(31)38(53)35(42(5,6)7)46-39(54)45-32(41(2,3)4)25-47(8)60(56,57)33-16-12-21-59-33/h10-12,14-16,21,28-32,35H,9,13,17-20,22-25H2,1-8H3,(H,43,52)(H,44,51)(H2,45,46,54). The highest BCUT2D eigenvalue weighted by molar-refractivity contribution is 7.91. The fraction of sp³-hybridized carbons (Fsp3) is 0.619. The van der Waals surface area contributed by atoms with Gasteiger partial charge in [0.1, 0.15) is 22.4 Å². The number of carbonyl (C=O) groups is 6. The second kappa shape index (κ2) is 19.0. The van der Waals surface area contributed by atoms with Crippen LogP contribution in [0.2, 0.25) is 0 Å². The van der Waals surface area contributed by atoms with Gasteiger partial charge < -0.3 is 35.8 Å². The van der Waals surface area contributed by atoms with Gasteiger partial charge >= 0.3 is 12.1 Å². The minimum absolute atomic E-state index is 0.0639. The molecule has 1 aromatic carbocycles. The summed E-state index contributed by atoms with van der Waals surface area (Å²) in [7, 11) is -2.39. The van der Waals surface area contributed by atoms with Crippen LogP contribution in [0.3, 0.4) is 0 Å². The van der Waals surface area contributed by atoms with Crippen LogP contribution in [0.5, 0.6) is 0 Å². The van der Waals surface area contributed by atoms with Crippen molar-refractivity contribution < 1.29 is 41.9 Å². The molecular weight excluding hydrogens is 811 g/mol. The van der Waals surface area contributed by atoms with E-state index in [-0.39, 0.29) is 36.2 Å². The molecule has 1 saturated heterocycles. The van der Waals surface area contributed by atoms with Gasteiger partial charge in [-0.3, -0.25) is 19.2 Å². The highest BCUT2D eigenvalue weighted by Crippen LogP contribution is 2.30. The summed E-state index contributed by atoms with van der Waals surface area (Å²) in [5, 5.41) is 12.8. The summed E-state index contributed by atoms with van der Waals surface area (Å²) in [6.45, 7) is 13.2. The normalized spacial score (nSPS) is 19.8. The number of ether oxygens (including phenoxy) is 1. The van der Waals surface area contributed by atoms with Crippen molar-refractivity contribution in [2.24, 2.45) is 10.8 Å². The maximum Gasteiger partial charge on any atom is 0.410 e. The highest BCUT2D eigenvalue weighted by atomic mass is 32.2. The summed E-state index contributed by atoms with van der Waals surface area (Å²) in [4.78, 5) is 85.3. The number of thiophene rings is 1. The Bertz CT molecular complexity index is 2010. The first-order valence-corrected chi connectivity index (χ1v) is 23.0. The van der Waals surface area contributed by atoms with E-state index in [2.05, 4.69) is 21.3 Å². The third-order valence-corrected chi connectivity index (χ3v) is 14.4. The Labute approximate surface area is 357 Å². The van der Waals surface area contributed by atoms with Gasteiger partial charge in [0.05, 0.1) is 12.6 Å². The zero-order valence-electron chi connectivity index (χ0n) is 35.9. The quantitative estimate of drug-likeness (QED) is 0.192. The number of fused-ring (bicyclic) bond motifs is 1. The largest absolute Gasteiger partial charge is 0.444 e. The van der Waals surface area contributed by atoms with Crippen molar-refractivity contribution in [1.82, 2.24) is 35.4 Å². The van der Waals surface area contributed by atoms with Crippen molar-refractivity contribution >= 4 is 57.0 Å². The van der Waals surface area contributed by atoms with Crippen LogP contribution in [0, 0.1) is 10.8 Å². The van der Waals surface area contributed by atoms with Crippen molar-refractivity contribution in [1.29, 1.82) is 0 Å². The fourth-order valence-electron chi connectivity index (χ4n) is 7.31. The highest BCUT2D eigenvalue weighted by Gasteiger charge is 2.47. The lowest BCUT2D eigenvalue weighted by Gasteiger charge is -2.37. The van der Waals surface area contributed by atoms with Crippen LogP contribution in [0.25, 0.3) is 0 Å². The average molecular weight is 872 g/mol. The molecule has 1 saturated carbocycles. The summed E-state index contributed by atoms with van der Waals surface area (Å²) in [5.74, 6) is -2.88. The number of likely N-dealkylation sites (N-methyl/N-ethyl adjacent to an activating group) is 1. The van der Waals surface area contributed by atoms with Crippen molar-refractivity contribution in [3.05, 3.63) is 52.9 Å². The number of nitrogens with one attached hydrogen (secondary N) is 4. The number of likely N-dealkylation sites (tertiary alicyclic amines) is 1. The van der Waals surface area contributed by atoms with Gasteiger partial charge in [0, 0.05) is 45.2 Å². The first-order valence-electron chi connectivity index (χ1n) is 20.6. The Morgan fingerprint density at radius 2 is 1.62 bits per heavy atom. The van der Waals surface area contributed by atoms with Gasteiger partial charge in [0.2, 0.25) is 17.6 Å². The average Bonchev–Trinajstić information content (AvgIpc) is 3.61. The molecule has 3 aliphatic rings. The first-order chi connectivity index (χ1) is 28.1. The summed E-state index contributed by atoms with van der Waals surface area (Å²) in [5.41, 5.74) is 0.613. The molecule has 2 aromatic rings. The van der Waals surface area contributed by atoms with Crippen molar-refractivity contribution in [3.8, 4) is 0 Å². The Kier molecular flexibility index (Phi) is 14.7. The molecule has 1 aliphatic carbocycles. The van der Waals surface area contributed by atoms with Gasteiger partial charge in [0.15, 0.2) is 0 Å². The molecule has 5 rings (SSSR count). The number of nitrogens with zero attached hydrogens (tertiary/aromatic N) is 3. The number of rotatable bonds is 15. The van der Waals surface area contributed by atoms with Gasteiger partial charge in [-0.2, -0.15) is 4.31 Å². The first kappa shape index (κ1) is 46.5. The van der Waals surface area contributed by atoms with Gasteiger partial charge in [-0.05, 0) is 59.1 Å². The van der Waals surface area contributed by atoms with E-state index in [1.807, 2.05) is 52.0 Å². The molecule has 4 N–H and O–H groups in total. The van der Waals surface area contributed by atoms with E-state index < -0.39 is 86.8 Å². The van der Waals surface area contributed by atoms with Crippen LogP contribution in [-0.2, 0) is 46.9 Å². The number of Topliss-reactive ketones (excluding diaryl/α,β-unsaturated/α-hetero) is 1. The molecule has 0 radical (unpaired) electrons. The van der Waals surface area contributed by atoms with Gasteiger partial charge in [-0.1, -0.05) is 85.2 Å². The Morgan fingerprint density at radius 1 is 0.933 bits per heavy atom. The molecule has 0 spiro atoms. The Hall–Kier alpha value is -4.55. The van der Waals surface area contributed by atoms with Crippen molar-refractivity contribution in [3.63, 3.8) is 0 Å². The van der Waals surface area contributed by atoms with E-state index in [1.54, 1.807) is 37.1 Å². The van der Waals surface area contributed by atoms with Crippen LogP contribution >= 0.6 is 11.3 Å². The predicted octanol–water partition coefficient (Wildman–Crippen LogP) is 3.79. The molecule has 3 heterocycles. The smallest absolute Gasteiger partial charge is 0.410 e. The van der Waals surface area contributed by atoms with Gasteiger partial charge in [0.25, 0.3) is 15.9 Å². The number of amides is 6. The van der Waals surface area contributed by atoms with E-state index in [0.29, 0.717) is 25.9 Å². The van der Waals surface area contributed by atoms with Crippen LogP contribution in [0.4, 0.5) is 9.59 Å². The molecule has 5 atom stereocenters. The maximum absolute atomic E-state index is 14.8. The minimum Gasteiger partial charge on any atom is -0.444 e. The summed E-state index contributed by atoms with van der Waals surface area (Å²) < 4.78 is 33.9. The second-order valence-corrected chi connectivity index (χ2v) is 21.4. The van der Waals surface area contributed by atoms with Gasteiger partial charge in [-0.15, -0.1) is 11.3 Å². The molecular formula is C42H61N7O9S2. The number of sulfonamides is 1. The van der Waals surface area contributed by atoms with Crippen LogP contribution in [0.15, 0.2) is 46.0 Å². The zero-order chi connectivity index (χ0) is 44.2. The van der Waals surface area contributed by atoms with Crippen LogP contribution in [0.1, 0.15) is 91.7 Å². The van der Waals surface area contributed by atoms with Crippen molar-refractivity contribution in [2.75, 3.05) is 26.7 Å². The van der Waals surface area contributed by atoms with E-state index in [1.165, 1.54) is 22.3 Å². The molecule has 60 heavy (non-hydrogen) atoms. The molecule has 2 fully saturated rings. The fourth-order valence-corrected chi connectivity index (χ4v) is 9.70. The van der Waals surface area contributed by atoms with E-state index >= 15 is 0 Å². The van der Waals surface area contributed by atoms with E-state index in [9.17, 15) is 37.2 Å². The molecule has 330 valence electrons. The second-order valence-electron chi connectivity index (χ2n) is 18.2. The molecule has 6 amide bonds. The minimum atomic E-state index is -3.83. The Morgan fingerprint density at radius 3 is 2.22 bits per heavy atom. The molecule has 16 nitrogen and oxygen atoms in total. The zero-order valence-corrected chi connectivity index (χ0v) is 37.5. The molecule has 2 aliphatic heterocycles. The van der Waals surface area contributed by atoms with E-state index in [4.69, 9.17) is 4.74 Å². The summed E-state index contributed by atoms with van der Waals surface area (Å²) in [6.07, 6.45) is 1.27. The lowest BCUT2D eigenvalue weighted by atomic mass is 9.85. The van der Waals surface area contributed by atoms with Gasteiger partial charge in [-0.25, -0.2) is 18.0 Å². The molecule has 18 heteroatoms. The number of hydrogen-bond donors (Lipinski definition) is 4. The number of urea groups is 1. The predicted molar refractivity (Wildman–Crippen MR) is 226 cm³/mol. The number of hydrogen-bond acceptors (Lipinski definition) is 10. The number of ketones is 1. The lowest BCUT2D eigenvalue weighted by Crippen LogP contribution is -2.62. The van der Waals surface area contributed by atoms with E-state index in [0.717, 1.165) is 35.3 Å². The monoisotopic (exact) mass is 871 g/mol. The SMILES string of the molecule is CCCC(NC(=O)C1CC(OC(=O)N2CCc3ccccc3C2)CN1C(=O)C(NC(=O)NC(CN(C)S(=O)(=O)c1cccs1)C(C)(C)C)C(C)(C)C)C(=O)C(=O)NC1CC1. The van der Waals surface area contributed by atoms with Crippen LogP contribution < -0.4 is 21.3 Å². The maximum atomic E-state index is 14.8. The van der Waals surface area contributed by atoms with Crippen molar-refractivity contribution in [2.45, 2.75) is 134 Å². The third kappa shape index (κ3) is 11.6. The third-order valence-electron chi connectivity index (χ3n) is 11.2. The summed E-state index contributed by atoms with van der Waals surface area (Å²) in [6, 6.07) is 5.91. The molecule has 5 unspecified atom stereocenters. The molecule has 1 aromatic heterocycles.